The highest BCUT2D eigenvalue weighted by molar-refractivity contribution is 5.04. The molecule has 1 saturated heterocycles. The van der Waals surface area contributed by atoms with Crippen LogP contribution in [-0.4, -0.2) is 52.1 Å². The summed E-state index contributed by atoms with van der Waals surface area (Å²) in [6.45, 7) is 9.59. The third-order valence-electron chi connectivity index (χ3n) is 3.69. The Balaban J connectivity index is 1.90. The number of nitrogens with zero attached hydrogens (tertiary/aromatic N) is 3. The average molecular weight is 280 g/mol. The van der Waals surface area contributed by atoms with Crippen LogP contribution in [0.2, 0.25) is 0 Å². The molecule has 1 fully saturated rings. The smallest absolute Gasteiger partial charge is 0.0640 e. The van der Waals surface area contributed by atoms with Gasteiger partial charge in [-0.15, -0.1) is 0 Å². The Hall–Kier alpha value is -0.910. The first kappa shape index (κ1) is 15.5. The second-order valence-corrected chi connectivity index (χ2v) is 6.22. The lowest BCUT2D eigenvalue weighted by molar-refractivity contribution is 0.216. The van der Waals surface area contributed by atoms with E-state index in [4.69, 9.17) is 5.11 Å². The molecule has 0 amide bonds. The SMILES string of the molecule is CC(C)CN(Cc1cnn(CCO)c1)CC1CCCN1. The van der Waals surface area contributed by atoms with E-state index in [1.54, 1.807) is 0 Å². The zero-order chi connectivity index (χ0) is 14.4. The molecule has 0 bridgehead atoms. The van der Waals surface area contributed by atoms with Crippen LogP contribution < -0.4 is 5.32 Å². The molecule has 2 rings (SSSR count). The van der Waals surface area contributed by atoms with Crippen molar-refractivity contribution in [3.8, 4) is 0 Å². The summed E-state index contributed by atoms with van der Waals surface area (Å²) in [5.74, 6) is 0.670. The van der Waals surface area contributed by atoms with Crippen molar-refractivity contribution in [1.29, 1.82) is 0 Å². The first-order valence-electron chi connectivity index (χ1n) is 7.75. The van der Waals surface area contributed by atoms with Gasteiger partial charge in [-0.1, -0.05) is 13.8 Å². The number of aliphatic hydroxyl groups is 1. The number of nitrogens with one attached hydrogen (secondary N) is 1. The molecule has 1 aliphatic rings. The van der Waals surface area contributed by atoms with Gasteiger partial charge in [-0.05, 0) is 25.3 Å². The number of rotatable bonds is 8. The predicted molar refractivity (Wildman–Crippen MR) is 80.5 cm³/mol. The van der Waals surface area contributed by atoms with Crippen LogP contribution in [0, 0.1) is 5.92 Å². The van der Waals surface area contributed by atoms with E-state index in [1.165, 1.54) is 18.4 Å². The van der Waals surface area contributed by atoms with E-state index in [0.717, 1.165) is 26.2 Å². The lowest BCUT2D eigenvalue weighted by atomic mass is 10.1. The summed E-state index contributed by atoms with van der Waals surface area (Å²) in [5.41, 5.74) is 1.23. The Labute approximate surface area is 122 Å². The third kappa shape index (κ3) is 4.89. The lowest BCUT2D eigenvalue weighted by Crippen LogP contribution is -2.38. The zero-order valence-corrected chi connectivity index (χ0v) is 12.8. The van der Waals surface area contributed by atoms with Crippen LogP contribution in [0.3, 0.4) is 0 Å². The first-order chi connectivity index (χ1) is 9.67. The van der Waals surface area contributed by atoms with Gasteiger partial charge >= 0.3 is 0 Å². The van der Waals surface area contributed by atoms with E-state index in [1.807, 2.05) is 17.1 Å². The molecule has 1 aliphatic heterocycles. The Morgan fingerprint density at radius 2 is 2.40 bits per heavy atom. The average Bonchev–Trinajstić information content (AvgIpc) is 3.01. The summed E-state index contributed by atoms with van der Waals surface area (Å²) in [6.07, 6.45) is 6.56. The second-order valence-electron chi connectivity index (χ2n) is 6.22. The van der Waals surface area contributed by atoms with E-state index in [-0.39, 0.29) is 6.61 Å². The van der Waals surface area contributed by atoms with Crippen LogP contribution in [0.5, 0.6) is 0 Å². The molecule has 5 nitrogen and oxygen atoms in total. The van der Waals surface area contributed by atoms with Crippen LogP contribution >= 0.6 is 0 Å². The molecule has 2 N–H and O–H groups in total. The Bertz CT molecular complexity index is 385. The maximum atomic E-state index is 8.94. The summed E-state index contributed by atoms with van der Waals surface area (Å²) < 4.78 is 1.82. The topological polar surface area (TPSA) is 53.3 Å². The fourth-order valence-electron chi connectivity index (χ4n) is 2.92. The second kappa shape index (κ2) is 7.76. The molecular weight excluding hydrogens is 252 g/mol. The van der Waals surface area contributed by atoms with Gasteiger partial charge in [-0.2, -0.15) is 5.10 Å². The summed E-state index contributed by atoms with van der Waals surface area (Å²) in [4.78, 5) is 2.52. The normalized spacial score (nSPS) is 19.4. The fourth-order valence-corrected chi connectivity index (χ4v) is 2.92. The molecule has 0 aliphatic carbocycles. The minimum absolute atomic E-state index is 0.142. The van der Waals surface area contributed by atoms with E-state index in [0.29, 0.717) is 18.5 Å². The van der Waals surface area contributed by atoms with Crippen molar-refractivity contribution >= 4 is 0 Å². The van der Waals surface area contributed by atoms with Gasteiger partial charge in [0.05, 0.1) is 19.3 Å². The van der Waals surface area contributed by atoms with Crippen molar-refractivity contribution in [2.45, 2.75) is 45.8 Å². The van der Waals surface area contributed by atoms with Gasteiger partial charge in [0.25, 0.3) is 0 Å². The lowest BCUT2D eigenvalue weighted by Gasteiger charge is -2.26. The van der Waals surface area contributed by atoms with Crippen LogP contribution in [0.4, 0.5) is 0 Å². The summed E-state index contributed by atoms with van der Waals surface area (Å²) in [6, 6.07) is 0.640. The minimum atomic E-state index is 0.142. The van der Waals surface area contributed by atoms with Gasteiger partial charge in [0.1, 0.15) is 0 Å². The van der Waals surface area contributed by atoms with Gasteiger partial charge < -0.3 is 10.4 Å². The maximum absolute atomic E-state index is 8.94. The van der Waals surface area contributed by atoms with E-state index in [2.05, 4.69) is 29.2 Å². The highest BCUT2D eigenvalue weighted by Crippen LogP contribution is 2.12. The molecule has 1 unspecified atom stereocenters. The Morgan fingerprint density at radius 3 is 3.05 bits per heavy atom. The van der Waals surface area contributed by atoms with E-state index in [9.17, 15) is 0 Å². The maximum Gasteiger partial charge on any atom is 0.0640 e. The molecule has 20 heavy (non-hydrogen) atoms. The molecule has 1 aromatic rings. The quantitative estimate of drug-likeness (QED) is 0.748. The van der Waals surface area contributed by atoms with Crippen molar-refractivity contribution in [2.24, 2.45) is 5.92 Å². The molecule has 0 spiro atoms. The largest absolute Gasteiger partial charge is 0.394 e. The van der Waals surface area contributed by atoms with Crippen LogP contribution in [-0.2, 0) is 13.1 Å². The standard InChI is InChI=1S/C15H28N4O/c1-13(2)9-18(12-15-4-3-5-16-15)10-14-8-17-19(11-14)6-7-20/h8,11,13,15-16,20H,3-7,9-10,12H2,1-2H3. The number of aromatic nitrogens is 2. The molecule has 1 atom stereocenters. The fraction of sp³-hybridized carbons (Fsp3) is 0.800. The van der Waals surface area contributed by atoms with Gasteiger partial charge in [0.2, 0.25) is 0 Å². The minimum Gasteiger partial charge on any atom is -0.394 e. The van der Waals surface area contributed by atoms with Gasteiger partial charge in [0, 0.05) is 37.4 Å². The number of aliphatic hydroxyl groups excluding tert-OH is 1. The van der Waals surface area contributed by atoms with Gasteiger partial charge in [-0.3, -0.25) is 9.58 Å². The molecule has 0 aromatic carbocycles. The molecule has 2 heterocycles. The summed E-state index contributed by atoms with van der Waals surface area (Å²) >= 11 is 0. The van der Waals surface area contributed by atoms with E-state index >= 15 is 0 Å². The molecule has 5 heteroatoms. The van der Waals surface area contributed by atoms with Crippen molar-refractivity contribution in [3.63, 3.8) is 0 Å². The molecule has 0 saturated carbocycles. The van der Waals surface area contributed by atoms with Crippen LogP contribution in [0.25, 0.3) is 0 Å². The zero-order valence-electron chi connectivity index (χ0n) is 12.8. The summed E-state index contributed by atoms with van der Waals surface area (Å²) in [5, 5.41) is 16.8. The van der Waals surface area contributed by atoms with Gasteiger partial charge in [-0.25, -0.2) is 0 Å². The molecule has 0 radical (unpaired) electrons. The third-order valence-corrected chi connectivity index (χ3v) is 3.69. The van der Waals surface area contributed by atoms with Crippen molar-refractivity contribution in [1.82, 2.24) is 20.0 Å². The Morgan fingerprint density at radius 1 is 1.55 bits per heavy atom. The van der Waals surface area contributed by atoms with Crippen molar-refractivity contribution < 1.29 is 5.11 Å². The molecule has 114 valence electrons. The predicted octanol–water partition coefficient (Wildman–Crippen LogP) is 1.09. The van der Waals surface area contributed by atoms with Gasteiger partial charge in [0.15, 0.2) is 0 Å². The van der Waals surface area contributed by atoms with Crippen molar-refractivity contribution in [3.05, 3.63) is 18.0 Å². The molecular formula is C15H28N4O. The number of hydrogen-bond donors (Lipinski definition) is 2. The van der Waals surface area contributed by atoms with Crippen LogP contribution in [0.1, 0.15) is 32.3 Å². The summed E-state index contributed by atoms with van der Waals surface area (Å²) in [7, 11) is 0. The number of hydrogen-bond acceptors (Lipinski definition) is 4. The monoisotopic (exact) mass is 280 g/mol. The van der Waals surface area contributed by atoms with Crippen molar-refractivity contribution in [2.75, 3.05) is 26.2 Å². The highest BCUT2D eigenvalue weighted by atomic mass is 16.3. The van der Waals surface area contributed by atoms with Crippen LogP contribution in [0.15, 0.2) is 12.4 Å². The first-order valence-corrected chi connectivity index (χ1v) is 7.75. The molecule has 1 aromatic heterocycles. The van der Waals surface area contributed by atoms with E-state index < -0.39 is 0 Å². The Kier molecular flexibility index (Phi) is 6.01. The highest BCUT2D eigenvalue weighted by Gasteiger charge is 2.19.